The average Bonchev–Trinajstić information content (AvgIpc) is 3.12. The molecular formula is C21H22N4O2S. The van der Waals surface area contributed by atoms with E-state index in [0.717, 1.165) is 34.5 Å². The zero-order valence-corrected chi connectivity index (χ0v) is 16.6. The fourth-order valence-corrected chi connectivity index (χ4v) is 4.71. The second kappa shape index (κ2) is 8.06. The summed E-state index contributed by atoms with van der Waals surface area (Å²) in [4.78, 5) is 20.8. The van der Waals surface area contributed by atoms with Crippen LogP contribution in [0.1, 0.15) is 43.7 Å². The minimum atomic E-state index is -0.364. The van der Waals surface area contributed by atoms with Crippen molar-refractivity contribution in [1.29, 1.82) is 0 Å². The molecule has 0 radical (unpaired) electrons. The van der Waals surface area contributed by atoms with E-state index in [0.29, 0.717) is 11.9 Å². The summed E-state index contributed by atoms with van der Waals surface area (Å²) in [6, 6.07) is 11.1. The van der Waals surface area contributed by atoms with Crippen LogP contribution >= 0.6 is 11.3 Å². The molecule has 6 nitrogen and oxygen atoms in total. The van der Waals surface area contributed by atoms with Gasteiger partial charge in [-0.15, -0.1) is 11.3 Å². The summed E-state index contributed by atoms with van der Waals surface area (Å²) in [5, 5.41) is 13.1. The molecule has 1 fully saturated rings. The number of hydrogen-bond acceptors (Lipinski definition) is 5. The van der Waals surface area contributed by atoms with E-state index in [1.165, 1.54) is 19.3 Å². The second-order valence-corrected chi connectivity index (χ2v) is 8.01. The summed E-state index contributed by atoms with van der Waals surface area (Å²) in [6.07, 6.45) is 7.75. The fourth-order valence-electron chi connectivity index (χ4n) is 3.74. The van der Waals surface area contributed by atoms with E-state index in [1.807, 2.05) is 31.2 Å². The Morgan fingerprint density at radius 1 is 1.18 bits per heavy atom. The highest BCUT2D eigenvalue weighted by atomic mass is 32.1. The van der Waals surface area contributed by atoms with Gasteiger partial charge in [-0.3, -0.25) is 10.1 Å². The molecule has 2 aromatic heterocycles. The molecule has 0 spiro atoms. The van der Waals surface area contributed by atoms with Crippen LogP contribution in [0.3, 0.4) is 0 Å². The molecule has 3 aromatic rings. The molecule has 0 bridgehead atoms. The number of nitrogens with zero attached hydrogens (tertiary/aromatic N) is 4. The maximum atomic E-state index is 11.0. The third-order valence-electron chi connectivity index (χ3n) is 5.17. The molecule has 0 N–H and O–H groups in total. The highest BCUT2D eigenvalue weighted by Gasteiger charge is 2.20. The molecule has 1 aromatic carbocycles. The minimum absolute atomic E-state index is 0.108. The first kappa shape index (κ1) is 18.6. The Balaban J connectivity index is 1.82. The number of aromatic nitrogens is 2. The fraction of sp³-hybridized carbons (Fsp3) is 0.333. The lowest BCUT2D eigenvalue weighted by atomic mass is 9.95. The largest absolute Gasteiger partial charge is 0.313 e. The molecule has 1 aliphatic carbocycles. The van der Waals surface area contributed by atoms with Crippen LogP contribution in [0.4, 0.5) is 11.5 Å². The minimum Gasteiger partial charge on any atom is -0.313 e. The zero-order valence-electron chi connectivity index (χ0n) is 15.7. The van der Waals surface area contributed by atoms with Crippen molar-refractivity contribution in [2.75, 3.05) is 0 Å². The van der Waals surface area contributed by atoms with Crippen LogP contribution in [0.5, 0.6) is 0 Å². The number of nitro groups is 1. The molecule has 0 amide bonds. The van der Waals surface area contributed by atoms with Crippen LogP contribution in [0.2, 0.25) is 0 Å². The third kappa shape index (κ3) is 3.89. The normalized spacial score (nSPS) is 15.7. The molecular weight excluding hydrogens is 372 g/mol. The van der Waals surface area contributed by atoms with E-state index in [2.05, 4.69) is 14.9 Å². The van der Waals surface area contributed by atoms with Crippen LogP contribution < -0.4 is 4.80 Å². The van der Waals surface area contributed by atoms with Gasteiger partial charge in [0.15, 0.2) is 10.6 Å². The number of thiazole rings is 1. The summed E-state index contributed by atoms with van der Waals surface area (Å²) in [5.41, 5.74) is 3.28. The number of rotatable bonds is 4. The van der Waals surface area contributed by atoms with Gasteiger partial charge in [0.2, 0.25) is 0 Å². The molecule has 0 saturated heterocycles. The molecule has 0 unspecified atom stereocenters. The SMILES string of the molecule is Cc1ccnc(N=c2scc(-c3ccc([N+](=O)[O-])cc3)n2C2CCCCC2)c1. The smallest absolute Gasteiger partial charge is 0.269 e. The van der Waals surface area contributed by atoms with Crippen molar-refractivity contribution in [1.82, 2.24) is 9.55 Å². The Hall–Kier alpha value is -2.80. The Morgan fingerprint density at radius 2 is 1.93 bits per heavy atom. The second-order valence-electron chi connectivity index (χ2n) is 7.17. The van der Waals surface area contributed by atoms with Gasteiger partial charge in [0.25, 0.3) is 5.69 Å². The van der Waals surface area contributed by atoms with E-state index in [9.17, 15) is 10.1 Å². The van der Waals surface area contributed by atoms with Gasteiger partial charge in [-0.1, -0.05) is 19.3 Å². The van der Waals surface area contributed by atoms with Crippen molar-refractivity contribution in [3.63, 3.8) is 0 Å². The Kier molecular flexibility index (Phi) is 5.34. The van der Waals surface area contributed by atoms with Crippen LogP contribution in [0, 0.1) is 17.0 Å². The summed E-state index contributed by atoms with van der Waals surface area (Å²) in [7, 11) is 0. The van der Waals surface area contributed by atoms with Gasteiger partial charge in [-0.25, -0.2) is 9.98 Å². The Bertz CT molecular complexity index is 1050. The number of benzene rings is 1. The molecule has 7 heteroatoms. The summed E-state index contributed by atoms with van der Waals surface area (Å²) < 4.78 is 2.31. The third-order valence-corrected chi connectivity index (χ3v) is 6.01. The molecule has 4 rings (SSSR count). The number of pyridine rings is 1. The van der Waals surface area contributed by atoms with Crippen LogP contribution in [-0.2, 0) is 0 Å². The first-order valence-corrected chi connectivity index (χ1v) is 10.4. The Labute approximate surface area is 167 Å². The van der Waals surface area contributed by atoms with E-state index < -0.39 is 0 Å². The number of aryl methyl sites for hydroxylation is 1. The maximum Gasteiger partial charge on any atom is 0.269 e. The van der Waals surface area contributed by atoms with Crippen LogP contribution in [0.15, 0.2) is 53.0 Å². The first-order valence-electron chi connectivity index (χ1n) is 9.54. The van der Waals surface area contributed by atoms with Crippen LogP contribution in [-0.4, -0.2) is 14.5 Å². The van der Waals surface area contributed by atoms with Gasteiger partial charge in [0.1, 0.15) is 0 Å². The van der Waals surface area contributed by atoms with E-state index in [-0.39, 0.29) is 10.6 Å². The average molecular weight is 395 g/mol. The van der Waals surface area contributed by atoms with Crippen molar-refractivity contribution < 1.29 is 4.92 Å². The highest BCUT2D eigenvalue weighted by molar-refractivity contribution is 7.07. The predicted molar refractivity (Wildman–Crippen MR) is 111 cm³/mol. The van der Waals surface area contributed by atoms with E-state index in [4.69, 9.17) is 4.99 Å². The molecule has 0 aliphatic heterocycles. The van der Waals surface area contributed by atoms with Crippen molar-refractivity contribution in [3.8, 4) is 11.3 Å². The van der Waals surface area contributed by atoms with Crippen molar-refractivity contribution in [3.05, 3.63) is 68.5 Å². The maximum absolute atomic E-state index is 11.0. The van der Waals surface area contributed by atoms with Gasteiger partial charge in [-0.2, -0.15) is 0 Å². The molecule has 28 heavy (non-hydrogen) atoms. The number of hydrogen-bond donors (Lipinski definition) is 0. The standard InChI is InChI=1S/C21H22N4O2S/c1-15-11-12-22-20(13-15)23-21-24(17-5-3-2-4-6-17)19(14-28-21)16-7-9-18(10-8-16)25(26)27/h7-14,17H,2-6H2,1H3. The van der Waals surface area contributed by atoms with E-state index in [1.54, 1.807) is 29.7 Å². The molecule has 1 saturated carbocycles. The lowest BCUT2D eigenvalue weighted by molar-refractivity contribution is -0.384. The quantitative estimate of drug-likeness (QED) is 0.429. The summed E-state index contributed by atoms with van der Waals surface area (Å²) in [6.45, 7) is 2.03. The monoisotopic (exact) mass is 394 g/mol. The topological polar surface area (TPSA) is 73.3 Å². The van der Waals surface area contributed by atoms with E-state index >= 15 is 0 Å². The number of non-ortho nitro benzene ring substituents is 1. The van der Waals surface area contributed by atoms with Gasteiger partial charge in [0, 0.05) is 29.8 Å². The summed E-state index contributed by atoms with van der Waals surface area (Å²) >= 11 is 1.60. The molecule has 1 aliphatic rings. The van der Waals surface area contributed by atoms with Crippen molar-refractivity contribution >= 4 is 22.8 Å². The Morgan fingerprint density at radius 3 is 2.61 bits per heavy atom. The zero-order chi connectivity index (χ0) is 19.5. The van der Waals surface area contributed by atoms with Gasteiger partial charge < -0.3 is 4.57 Å². The van der Waals surface area contributed by atoms with Gasteiger partial charge >= 0.3 is 0 Å². The molecule has 2 heterocycles. The highest BCUT2D eigenvalue weighted by Crippen LogP contribution is 2.33. The van der Waals surface area contributed by atoms with Crippen LogP contribution in [0.25, 0.3) is 11.3 Å². The summed E-state index contributed by atoms with van der Waals surface area (Å²) in [5.74, 6) is 0.710. The lowest BCUT2D eigenvalue weighted by Gasteiger charge is -2.25. The molecule has 0 atom stereocenters. The van der Waals surface area contributed by atoms with Gasteiger partial charge in [-0.05, 0) is 55.2 Å². The van der Waals surface area contributed by atoms with Gasteiger partial charge in [0.05, 0.1) is 10.6 Å². The molecule has 144 valence electrons. The predicted octanol–water partition coefficient (Wildman–Crippen LogP) is 5.57. The number of nitro benzene ring substituents is 1. The first-order chi connectivity index (χ1) is 13.6. The van der Waals surface area contributed by atoms with Crippen molar-refractivity contribution in [2.24, 2.45) is 4.99 Å². The van der Waals surface area contributed by atoms with Crippen molar-refractivity contribution in [2.45, 2.75) is 45.1 Å². The lowest BCUT2D eigenvalue weighted by Crippen LogP contribution is -2.23.